The highest BCUT2D eigenvalue weighted by molar-refractivity contribution is 6.32. The van der Waals surface area contributed by atoms with E-state index in [1.165, 1.54) is 6.07 Å². The van der Waals surface area contributed by atoms with E-state index in [1.807, 2.05) is 6.07 Å². The number of pyridine rings is 1. The second kappa shape index (κ2) is 7.84. The Balaban J connectivity index is 1.73. The molecule has 7 nitrogen and oxygen atoms in total. The smallest absolute Gasteiger partial charge is 0.288 e. The van der Waals surface area contributed by atoms with E-state index >= 15 is 0 Å². The molecular weight excluding hydrogens is 370 g/mol. The summed E-state index contributed by atoms with van der Waals surface area (Å²) in [6.07, 6.45) is 1.12. The molecule has 1 amide bonds. The summed E-state index contributed by atoms with van der Waals surface area (Å²) in [4.78, 5) is 26.6. The van der Waals surface area contributed by atoms with Crippen LogP contribution in [0, 0.1) is 17.0 Å². The summed E-state index contributed by atoms with van der Waals surface area (Å²) in [7, 11) is 0. The van der Waals surface area contributed by atoms with E-state index in [0.29, 0.717) is 27.9 Å². The van der Waals surface area contributed by atoms with Gasteiger partial charge in [-0.1, -0.05) is 23.7 Å². The molecule has 0 spiro atoms. The summed E-state index contributed by atoms with van der Waals surface area (Å²) in [5, 5.41) is 14.0. The van der Waals surface area contributed by atoms with Gasteiger partial charge >= 0.3 is 0 Å². The number of rotatable bonds is 5. The van der Waals surface area contributed by atoms with Crippen molar-refractivity contribution >= 4 is 28.9 Å². The van der Waals surface area contributed by atoms with Gasteiger partial charge in [0.2, 0.25) is 0 Å². The Morgan fingerprint density at radius 2 is 1.89 bits per heavy atom. The van der Waals surface area contributed by atoms with Crippen molar-refractivity contribution in [2.75, 3.05) is 5.32 Å². The summed E-state index contributed by atoms with van der Waals surface area (Å²) < 4.78 is 5.69. The molecule has 3 rings (SSSR count). The average molecular weight is 384 g/mol. The SMILES string of the molecule is Cc1ncc([N+](=O)[O-])cc1C(=O)Nc1ccc(Oc2ccccc2Cl)cc1. The van der Waals surface area contributed by atoms with E-state index in [4.69, 9.17) is 16.3 Å². The van der Waals surface area contributed by atoms with Gasteiger partial charge in [0.05, 0.1) is 21.2 Å². The number of carbonyl (C=O) groups excluding carboxylic acids is 1. The van der Waals surface area contributed by atoms with Crippen molar-refractivity contribution in [1.82, 2.24) is 4.98 Å². The van der Waals surface area contributed by atoms with Crippen LogP contribution in [0.15, 0.2) is 60.8 Å². The van der Waals surface area contributed by atoms with E-state index in [2.05, 4.69) is 10.3 Å². The quantitative estimate of drug-likeness (QED) is 0.494. The van der Waals surface area contributed by atoms with Crippen LogP contribution < -0.4 is 10.1 Å². The fourth-order valence-corrected chi connectivity index (χ4v) is 2.49. The highest BCUT2D eigenvalue weighted by Crippen LogP contribution is 2.29. The molecule has 2 aromatic carbocycles. The number of nitrogens with zero attached hydrogens (tertiary/aromatic N) is 2. The zero-order valence-corrected chi connectivity index (χ0v) is 14.9. The largest absolute Gasteiger partial charge is 0.456 e. The van der Waals surface area contributed by atoms with Crippen LogP contribution >= 0.6 is 11.6 Å². The summed E-state index contributed by atoms with van der Waals surface area (Å²) in [6, 6.07) is 15.0. The third-order valence-electron chi connectivity index (χ3n) is 3.70. The molecule has 0 aliphatic rings. The first-order valence-electron chi connectivity index (χ1n) is 7.89. The molecule has 3 aromatic rings. The molecule has 0 bridgehead atoms. The number of para-hydroxylation sites is 1. The van der Waals surface area contributed by atoms with E-state index in [0.717, 1.165) is 6.20 Å². The van der Waals surface area contributed by atoms with Crippen molar-refractivity contribution in [2.45, 2.75) is 6.92 Å². The lowest BCUT2D eigenvalue weighted by atomic mass is 10.1. The van der Waals surface area contributed by atoms with Crippen LogP contribution in [0.5, 0.6) is 11.5 Å². The van der Waals surface area contributed by atoms with E-state index < -0.39 is 10.8 Å². The van der Waals surface area contributed by atoms with Crippen molar-refractivity contribution in [3.8, 4) is 11.5 Å². The molecular formula is C19H14ClN3O4. The number of benzene rings is 2. The van der Waals surface area contributed by atoms with Crippen molar-refractivity contribution < 1.29 is 14.5 Å². The standard InChI is InChI=1S/C19H14ClN3O4/c1-12-16(10-14(11-21-12)23(25)26)19(24)22-13-6-8-15(9-7-13)27-18-5-3-2-4-17(18)20/h2-11H,1H3,(H,22,24). The molecule has 0 aliphatic heterocycles. The number of carbonyl (C=O) groups is 1. The highest BCUT2D eigenvalue weighted by Gasteiger charge is 2.16. The van der Waals surface area contributed by atoms with Gasteiger partial charge in [0.1, 0.15) is 17.7 Å². The van der Waals surface area contributed by atoms with Crippen molar-refractivity contribution in [3.05, 3.63) is 87.2 Å². The van der Waals surface area contributed by atoms with Gasteiger partial charge in [-0.05, 0) is 43.3 Å². The molecule has 27 heavy (non-hydrogen) atoms. The Hall–Kier alpha value is -3.45. The minimum absolute atomic E-state index is 0.139. The third-order valence-corrected chi connectivity index (χ3v) is 4.02. The van der Waals surface area contributed by atoms with Gasteiger partial charge in [-0.15, -0.1) is 0 Å². The lowest BCUT2D eigenvalue weighted by molar-refractivity contribution is -0.385. The number of nitrogens with one attached hydrogen (secondary N) is 1. The monoisotopic (exact) mass is 383 g/mol. The number of aryl methyl sites for hydroxylation is 1. The van der Waals surface area contributed by atoms with Crippen LogP contribution in [0.25, 0.3) is 0 Å². The van der Waals surface area contributed by atoms with Gasteiger partial charge in [0, 0.05) is 11.8 Å². The first kappa shape index (κ1) is 18.3. The second-order valence-electron chi connectivity index (χ2n) is 5.59. The Morgan fingerprint density at radius 1 is 1.19 bits per heavy atom. The molecule has 8 heteroatoms. The van der Waals surface area contributed by atoms with Gasteiger partial charge < -0.3 is 10.1 Å². The molecule has 0 fully saturated rings. The maximum atomic E-state index is 12.4. The summed E-state index contributed by atoms with van der Waals surface area (Å²) in [6.45, 7) is 1.61. The van der Waals surface area contributed by atoms with Crippen LogP contribution in [0.3, 0.4) is 0 Å². The third kappa shape index (κ3) is 4.39. The summed E-state index contributed by atoms with van der Waals surface area (Å²) >= 11 is 6.06. The first-order valence-corrected chi connectivity index (χ1v) is 8.26. The van der Waals surface area contributed by atoms with E-state index in [9.17, 15) is 14.9 Å². The lowest BCUT2D eigenvalue weighted by Gasteiger charge is -2.10. The molecule has 1 N–H and O–H groups in total. The van der Waals surface area contributed by atoms with Gasteiger partial charge in [-0.3, -0.25) is 19.9 Å². The van der Waals surface area contributed by atoms with Crippen molar-refractivity contribution in [1.29, 1.82) is 0 Å². The molecule has 136 valence electrons. The zero-order chi connectivity index (χ0) is 19.4. The van der Waals surface area contributed by atoms with Crippen LogP contribution in [0.1, 0.15) is 16.1 Å². The number of hydrogen-bond acceptors (Lipinski definition) is 5. The minimum atomic E-state index is -0.593. The van der Waals surface area contributed by atoms with Crippen molar-refractivity contribution in [3.63, 3.8) is 0 Å². The maximum absolute atomic E-state index is 12.4. The predicted molar refractivity (Wildman–Crippen MR) is 102 cm³/mol. The van der Waals surface area contributed by atoms with Gasteiger partial charge in [0.15, 0.2) is 0 Å². The molecule has 0 atom stereocenters. The first-order chi connectivity index (χ1) is 12.9. The molecule has 0 unspecified atom stereocenters. The Morgan fingerprint density at radius 3 is 2.56 bits per heavy atom. The fraction of sp³-hybridized carbons (Fsp3) is 0.0526. The number of amides is 1. The number of hydrogen-bond donors (Lipinski definition) is 1. The number of ether oxygens (including phenoxy) is 1. The topological polar surface area (TPSA) is 94.4 Å². The summed E-state index contributed by atoms with van der Waals surface area (Å²) in [5.41, 5.74) is 0.809. The number of anilines is 1. The minimum Gasteiger partial charge on any atom is -0.456 e. The normalized spacial score (nSPS) is 10.3. The maximum Gasteiger partial charge on any atom is 0.288 e. The van der Waals surface area contributed by atoms with Crippen LogP contribution in [-0.2, 0) is 0 Å². The Bertz CT molecular complexity index is 1010. The Kier molecular flexibility index (Phi) is 5.33. The summed E-state index contributed by atoms with van der Waals surface area (Å²) in [5.74, 6) is 0.590. The average Bonchev–Trinajstić information content (AvgIpc) is 2.65. The molecule has 1 aromatic heterocycles. The van der Waals surface area contributed by atoms with Crippen molar-refractivity contribution in [2.24, 2.45) is 0 Å². The molecule has 0 aliphatic carbocycles. The fourth-order valence-electron chi connectivity index (χ4n) is 2.31. The number of nitro groups is 1. The second-order valence-corrected chi connectivity index (χ2v) is 6.00. The molecule has 0 saturated heterocycles. The lowest BCUT2D eigenvalue weighted by Crippen LogP contribution is -2.14. The molecule has 1 heterocycles. The van der Waals surface area contributed by atoms with Gasteiger partial charge in [0.25, 0.3) is 11.6 Å². The number of aromatic nitrogens is 1. The van der Waals surface area contributed by atoms with Crippen LogP contribution in [-0.4, -0.2) is 15.8 Å². The van der Waals surface area contributed by atoms with Crippen LogP contribution in [0.4, 0.5) is 11.4 Å². The van der Waals surface area contributed by atoms with E-state index in [-0.39, 0.29) is 11.3 Å². The predicted octanol–water partition coefficient (Wildman–Crippen LogP) is 5.00. The molecule has 0 radical (unpaired) electrons. The Labute approximate surface area is 159 Å². The van der Waals surface area contributed by atoms with E-state index in [1.54, 1.807) is 49.4 Å². The highest BCUT2D eigenvalue weighted by atomic mass is 35.5. The van der Waals surface area contributed by atoms with Gasteiger partial charge in [-0.25, -0.2) is 0 Å². The van der Waals surface area contributed by atoms with Gasteiger partial charge in [-0.2, -0.15) is 0 Å². The zero-order valence-electron chi connectivity index (χ0n) is 14.2. The number of halogens is 1. The molecule has 0 saturated carbocycles. The van der Waals surface area contributed by atoms with Crippen LogP contribution in [0.2, 0.25) is 5.02 Å².